The van der Waals surface area contributed by atoms with Crippen LogP contribution in [0.5, 0.6) is 0 Å². The van der Waals surface area contributed by atoms with E-state index in [0.29, 0.717) is 34.6 Å². The van der Waals surface area contributed by atoms with Crippen molar-refractivity contribution in [3.8, 4) is 0 Å². The van der Waals surface area contributed by atoms with Crippen molar-refractivity contribution < 1.29 is 14.7 Å². The summed E-state index contributed by atoms with van der Waals surface area (Å²) in [5.74, 6) is 2.82. The minimum absolute atomic E-state index is 0.0440. The summed E-state index contributed by atoms with van der Waals surface area (Å²) in [6.45, 7) is 10.1. The highest BCUT2D eigenvalue weighted by Gasteiger charge is 2.66. The zero-order valence-corrected chi connectivity index (χ0v) is 24.1. The molecule has 4 fully saturated rings. The molecule has 4 saturated carbocycles. The maximum atomic E-state index is 13.2. The van der Waals surface area contributed by atoms with Gasteiger partial charge in [0.15, 0.2) is 0 Å². The van der Waals surface area contributed by atoms with E-state index in [1.165, 1.54) is 56.1 Å². The van der Waals surface area contributed by atoms with Gasteiger partial charge in [0.1, 0.15) is 0 Å². The molecule has 0 aliphatic heterocycles. The Morgan fingerprint density at radius 2 is 1.58 bits per heavy atom. The van der Waals surface area contributed by atoms with Crippen molar-refractivity contribution in [2.75, 3.05) is 7.05 Å². The lowest BCUT2D eigenvalue weighted by Gasteiger charge is -2.68. The number of carbonyl (C=O) groups excluding carboxylic acids is 1. The number of benzene rings is 1. The predicted molar refractivity (Wildman–Crippen MR) is 151 cm³/mol. The Hall–Kier alpha value is -2.10. The third-order valence-electron chi connectivity index (χ3n) is 13.2. The minimum Gasteiger partial charge on any atom is -0.478 e. The Morgan fingerprint density at radius 1 is 0.842 bits per heavy atom. The lowest BCUT2D eigenvalue weighted by Crippen LogP contribution is -2.61. The van der Waals surface area contributed by atoms with Crippen LogP contribution < -0.4 is 5.32 Å². The Kier molecular flexibility index (Phi) is 5.98. The Labute approximate surface area is 229 Å². The largest absolute Gasteiger partial charge is 0.478 e. The highest BCUT2D eigenvalue weighted by Crippen LogP contribution is 2.73. The van der Waals surface area contributed by atoms with E-state index >= 15 is 0 Å². The standard InChI is InChI=1S/C34H47NO3/c1-31(2)24(21-8-10-22(11-9-21)29(36)37)14-18-33(4)27(31)16-19-32(3)25-15-20-34(30(38)35-5)17-6-7-26(34)23(25)12-13-28(32)33/h8-11,14,23,25-28H,6-7,12-13,15-20H2,1-5H3,(H,35,38)(H,36,37)/t23-,25?,26?,27?,28?,32-,33-,34-/m0/s1. The van der Waals surface area contributed by atoms with Crippen LogP contribution in [0.1, 0.15) is 108 Å². The third kappa shape index (κ3) is 3.40. The molecule has 1 amide bonds. The van der Waals surface area contributed by atoms with Gasteiger partial charge in [-0.2, -0.15) is 0 Å². The summed E-state index contributed by atoms with van der Waals surface area (Å²) in [5.41, 5.74) is 3.51. The number of carboxylic acids is 1. The molecule has 5 aliphatic rings. The summed E-state index contributed by atoms with van der Waals surface area (Å²) in [4.78, 5) is 24.6. The van der Waals surface area contributed by atoms with E-state index in [4.69, 9.17) is 0 Å². The van der Waals surface area contributed by atoms with Gasteiger partial charge in [0.05, 0.1) is 11.0 Å². The van der Waals surface area contributed by atoms with E-state index in [-0.39, 0.29) is 16.2 Å². The molecule has 5 aliphatic carbocycles. The third-order valence-corrected chi connectivity index (χ3v) is 13.2. The maximum absolute atomic E-state index is 13.2. The highest BCUT2D eigenvalue weighted by atomic mass is 16.4. The quantitative estimate of drug-likeness (QED) is 0.434. The fraction of sp³-hybridized carbons (Fsp3) is 0.706. The van der Waals surface area contributed by atoms with Gasteiger partial charge >= 0.3 is 5.97 Å². The van der Waals surface area contributed by atoms with Gasteiger partial charge in [-0.05, 0) is 127 Å². The van der Waals surface area contributed by atoms with Crippen LogP contribution in [-0.4, -0.2) is 24.0 Å². The minimum atomic E-state index is -0.865. The molecule has 2 N–H and O–H groups in total. The first-order valence-electron chi connectivity index (χ1n) is 15.3. The van der Waals surface area contributed by atoms with Crippen molar-refractivity contribution in [1.82, 2.24) is 5.32 Å². The molecule has 0 spiro atoms. The summed E-state index contributed by atoms with van der Waals surface area (Å²) >= 11 is 0. The van der Waals surface area contributed by atoms with Crippen molar-refractivity contribution in [3.05, 3.63) is 41.5 Å². The van der Waals surface area contributed by atoms with Crippen LogP contribution >= 0.6 is 0 Å². The maximum Gasteiger partial charge on any atom is 0.335 e. The SMILES string of the molecule is CNC(=O)[C@]12CCCC1[C@H]1CCC3[C@@](C)(CCC4C(C)(C)C(c5ccc(C(=O)O)cc5)=CC[C@@]43C)C1CC2. The Balaban J connectivity index is 1.31. The van der Waals surface area contributed by atoms with Crippen LogP contribution in [0.4, 0.5) is 0 Å². The van der Waals surface area contributed by atoms with E-state index in [1.54, 1.807) is 12.1 Å². The second-order valence-electron chi connectivity index (χ2n) is 14.7. The summed E-state index contributed by atoms with van der Waals surface area (Å²) in [6.07, 6.45) is 14.6. The van der Waals surface area contributed by atoms with Gasteiger partial charge in [0.2, 0.25) is 5.91 Å². The number of rotatable bonds is 3. The first-order chi connectivity index (χ1) is 18.0. The molecular formula is C34H47NO3. The zero-order valence-electron chi connectivity index (χ0n) is 24.1. The fourth-order valence-electron chi connectivity index (χ4n) is 11.7. The van der Waals surface area contributed by atoms with E-state index in [0.717, 1.165) is 31.1 Å². The van der Waals surface area contributed by atoms with Gasteiger partial charge in [-0.25, -0.2) is 4.79 Å². The molecule has 38 heavy (non-hydrogen) atoms. The fourth-order valence-corrected chi connectivity index (χ4v) is 11.7. The van der Waals surface area contributed by atoms with Crippen LogP contribution in [0.2, 0.25) is 0 Å². The molecule has 206 valence electrons. The van der Waals surface area contributed by atoms with E-state index < -0.39 is 5.97 Å². The second-order valence-corrected chi connectivity index (χ2v) is 14.7. The van der Waals surface area contributed by atoms with Crippen LogP contribution in [0.15, 0.2) is 30.3 Å². The second kappa shape index (κ2) is 8.70. The Bertz CT molecular complexity index is 1170. The van der Waals surface area contributed by atoms with E-state index in [2.05, 4.69) is 39.1 Å². The number of hydrogen-bond acceptors (Lipinski definition) is 2. The van der Waals surface area contributed by atoms with Gasteiger partial charge in [-0.15, -0.1) is 0 Å². The van der Waals surface area contributed by atoms with Gasteiger partial charge < -0.3 is 10.4 Å². The summed E-state index contributed by atoms with van der Waals surface area (Å²) in [5, 5.41) is 12.4. The number of carboxylic acid groups (broad SMARTS) is 1. The lowest BCUT2D eigenvalue weighted by atomic mass is 9.36. The molecule has 0 radical (unpaired) electrons. The number of nitrogens with one attached hydrogen (secondary N) is 1. The molecule has 0 heterocycles. The monoisotopic (exact) mass is 517 g/mol. The predicted octanol–water partition coefficient (Wildman–Crippen LogP) is 7.59. The molecule has 8 atom stereocenters. The Morgan fingerprint density at radius 3 is 2.26 bits per heavy atom. The molecule has 4 nitrogen and oxygen atoms in total. The topological polar surface area (TPSA) is 66.4 Å². The van der Waals surface area contributed by atoms with Crippen molar-refractivity contribution in [2.24, 2.45) is 51.2 Å². The van der Waals surface area contributed by atoms with Crippen LogP contribution in [0.25, 0.3) is 5.57 Å². The normalized spacial score (nSPS) is 43.1. The highest BCUT2D eigenvalue weighted by molar-refractivity contribution is 5.88. The van der Waals surface area contributed by atoms with E-state index in [9.17, 15) is 14.7 Å². The number of hydrogen-bond donors (Lipinski definition) is 2. The van der Waals surface area contributed by atoms with Gasteiger partial charge in [0, 0.05) is 7.05 Å². The number of allylic oxidation sites excluding steroid dienone is 2. The molecule has 4 heteroatoms. The molecule has 1 aromatic rings. The molecule has 0 aromatic heterocycles. The number of carbonyl (C=O) groups is 2. The first kappa shape index (κ1) is 26.1. The number of aromatic carboxylic acids is 1. The summed E-state index contributed by atoms with van der Waals surface area (Å²) in [7, 11) is 1.84. The first-order valence-corrected chi connectivity index (χ1v) is 15.3. The number of amides is 1. The van der Waals surface area contributed by atoms with Crippen molar-refractivity contribution in [3.63, 3.8) is 0 Å². The van der Waals surface area contributed by atoms with Crippen molar-refractivity contribution >= 4 is 17.4 Å². The average molecular weight is 518 g/mol. The van der Waals surface area contributed by atoms with Crippen molar-refractivity contribution in [2.45, 2.75) is 91.9 Å². The molecular weight excluding hydrogens is 470 g/mol. The van der Waals surface area contributed by atoms with Crippen molar-refractivity contribution in [1.29, 1.82) is 0 Å². The van der Waals surface area contributed by atoms with Crippen LogP contribution in [-0.2, 0) is 4.79 Å². The molecule has 1 aromatic carbocycles. The van der Waals surface area contributed by atoms with Gasteiger partial charge in [-0.1, -0.05) is 52.3 Å². The van der Waals surface area contributed by atoms with Crippen LogP contribution in [0, 0.1) is 51.2 Å². The summed E-state index contributed by atoms with van der Waals surface area (Å²) < 4.78 is 0. The van der Waals surface area contributed by atoms with Gasteiger partial charge in [0.25, 0.3) is 0 Å². The molecule has 6 rings (SSSR count). The van der Waals surface area contributed by atoms with Crippen LogP contribution in [0.3, 0.4) is 0 Å². The average Bonchev–Trinajstić information content (AvgIpc) is 3.33. The molecule has 0 saturated heterocycles. The smallest absolute Gasteiger partial charge is 0.335 e. The lowest BCUT2D eigenvalue weighted by molar-refractivity contribution is -0.181. The van der Waals surface area contributed by atoms with E-state index in [1.807, 2.05) is 19.2 Å². The summed E-state index contributed by atoms with van der Waals surface area (Å²) in [6, 6.07) is 7.54. The molecule has 4 unspecified atom stereocenters. The number of fused-ring (bicyclic) bond motifs is 7. The van der Waals surface area contributed by atoms with Gasteiger partial charge in [-0.3, -0.25) is 4.79 Å². The zero-order chi connectivity index (χ0) is 27.1. The molecule has 0 bridgehead atoms.